The molecular weight excluding hydrogens is 228 g/mol. The predicted octanol–water partition coefficient (Wildman–Crippen LogP) is 1.94. The minimum atomic E-state index is 0.194. The molecule has 0 unspecified atom stereocenters. The molecule has 18 heavy (non-hydrogen) atoms. The van der Waals surface area contributed by atoms with Gasteiger partial charge < -0.3 is 15.0 Å². The fraction of sp³-hybridized carbons (Fsp3) is 0.538. The van der Waals surface area contributed by atoms with Crippen LogP contribution in [0.25, 0.3) is 11.0 Å². The number of aliphatic hydroxyl groups is 1. The van der Waals surface area contributed by atoms with Crippen molar-refractivity contribution in [2.24, 2.45) is 0 Å². The Bertz CT molecular complexity index is 533. The molecule has 0 bridgehead atoms. The molecule has 0 aliphatic carbocycles. The quantitative estimate of drug-likeness (QED) is 0.849. The van der Waals surface area contributed by atoms with Gasteiger partial charge in [0.1, 0.15) is 11.3 Å². The Morgan fingerprint density at radius 1 is 1.39 bits per heavy atom. The molecule has 0 aliphatic heterocycles. The number of rotatable bonds is 5. The number of nitrogens with one attached hydrogen (secondary N) is 1. The molecular formula is C13H20N4O. The van der Waals surface area contributed by atoms with E-state index in [4.69, 9.17) is 5.11 Å². The van der Waals surface area contributed by atoms with Crippen LogP contribution in [0.4, 0.5) is 5.82 Å². The van der Waals surface area contributed by atoms with E-state index in [9.17, 15) is 0 Å². The molecule has 0 saturated heterocycles. The molecule has 0 radical (unpaired) electrons. The van der Waals surface area contributed by atoms with E-state index < -0.39 is 0 Å². The number of aromatic nitrogens is 3. The van der Waals surface area contributed by atoms with E-state index in [1.165, 1.54) is 0 Å². The van der Waals surface area contributed by atoms with Gasteiger partial charge in [-0.05, 0) is 33.3 Å². The molecule has 2 heterocycles. The summed E-state index contributed by atoms with van der Waals surface area (Å²) in [7, 11) is 0. The van der Waals surface area contributed by atoms with Crippen molar-refractivity contribution in [3.05, 3.63) is 18.1 Å². The maximum absolute atomic E-state index is 8.94. The van der Waals surface area contributed by atoms with Gasteiger partial charge in [0.2, 0.25) is 0 Å². The zero-order valence-electron chi connectivity index (χ0n) is 11.1. The van der Waals surface area contributed by atoms with Gasteiger partial charge in [0.25, 0.3) is 0 Å². The van der Waals surface area contributed by atoms with Crippen molar-refractivity contribution in [1.29, 1.82) is 0 Å². The highest BCUT2D eigenvalue weighted by Crippen LogP contribution is 2.22. The Balaban J connectivity index is 2.47. The van der Waals surface area contributed by atoms with Gasteiger partial charge in [-0.2, -0.15) is 0 Å². The van der Waals surface area contributed by atoms with E-state index >= 15 is 0 Å². The summed E-state index contributed by atoms with van der Waals surface area (Å²) in [5.74, 6) is 1.64. The number of hydrogen-bond donors (Lipinski definition) is 2. The highest BCUT2D eigenvalue weighted by Gasteiger charge is 2.11. The highest BCUT2D eigenvalue weighted by molar-refractivity contribution is 5.86. The smallest absolute Gasteiger partial charge is 0.154 e. The number of aliphatic hydroxyl groups excluding tert-OH is 1. The molecule has 0 atom stereocenters. The van der Waals surface area contributed by atoms with Gasteiger partial charge in [0.15, 0.2) is 5.82 Å². The summed E-state index contributed by atoms with van der Waals surface area (Å²) >= 11 is 0. The van der Waals surface area contributed by atoms with Crippen molar-refractivity contribution in [2.45, 2.75) is 39.8 Å². The summed E-state index contributed by atoms with van der Waals surface area (Å²) in [6, 6.07) is 2.32. The number of aryl methyl sites for hydroxylation is 2. The van der Waals surface area contributed by atoms with Crippen molar-refractivity contribution in [2.75, 3.05) is 11.9 Å². The SMILES string of the molecule is Cc1nc(NC(C)C)c2c(ccn2CCCO)n1. The zero-order valence-corrected chi connectivity index (χ0v) is 11.1. The first-order valence-corrected chi connectivity index (χ1v) is 6.32. The van der Waals surface area contributed by atoms with Crippen LogP contribution < -0.4 is 5.32 Å². The second-order valence-corrected chi connectivity index (χ2v) is 4.74. The van der Waals surface area contributed by atoms with Gasteiger partial charge in [-0.1, -0.05) is 0 Å². The van der Waals surface area contributed by atoms with Crippen molar-refractivity contribution < 1.29 is 5.11 Å². The monoisotopic (exact) mass is 248 g/mol. The average Bonchev–Trinajstić information content (AvgIpc) is 2.68. The van der Waals surface area contributed by atoms with E-state index in [2.05, 4.69) is 33.7 Å². The molecule has 0 saturated carbocycles. The first-order valence-electron chi connectivity index (χ1n) is 6.32. The maximum atomic E-state index is 8.94. The Hall–Kier alpha value is -1.62. The van der Waals surface area contributed by atoms with Gasteiger partial charge in [0.05, 0.1) is 5.52 Å². The van der Waals surface area contributed by atoms with E-state index in [0.29, 0.717) is 6.04 Å². The first kappa shape index (κ1) is 12.8. The molecule has 2 N–H and O–H groups in total. The Morgan fingerprint density at radius 2 is 2.17 bits per heavy atom. The lowest BCUT2D eigenvalue weighted by Crippen LogP contribution is -2.13. The molecule has 98 valence electrons. The minimum Gasteiger partial charge on any atom is -0.396 e. The summed E-state index contributed by atoms with van der Waals surface area (Å²) in [4.78, 5) is 8.91. The first-order chi connectivity index (χ1) is 8.61. The number of nitrogens with zero attached hydrogens (tertiary/aromatic N) is 3. The summed E-state index contributed by atoms with van der Waals surface area (Å²) in [6.45, 7) is 7.04. The third kappa shape index (κ3) is 2.61. The molecule has 0 aromatic carbocycles. The van der Waals surface area contributed by atoms with Crippen LogP contribution in [0.15, 0.2) is 12.3 Å². The predicted molar refractivity (Wildman–Crippen MR) is 72.7 cm³/mol. The molecule has 0 amide bonds. The van der Waals surface area contributed by atoms with Crippen molar-refractivity contribution >= 4 is 16.9 Å². The van der Waals surface area contributed by atoms with E-state index in [1.807, 2.05) is 19.2 Å². The van der Waals surface area contributed by atoms with Crippen LogP contribution in [0, 0.1) is 6.92 Å². The number of fused-ring (bicyclic) bond motifs is 1. The van der Waals surface area contributed by atoms with Gasteiger partial charge in [0, 0.05) is 25.4 Å². The maximum Gasteiger partial charge on any atom is 0.154 e. The average molecular weight is 248 g/mol. The topological polar surface area (TPSA) is 63.0 Å². The van der Waals surface area contributed by atoms with Crippen LogP contribution in [0.2, 0.25) is 0 Å². The highest BCUT2D eigenvalue weighted by atomic mass is 16.3. The molecule has 2 aromatic heterocycles. The summed E-state index contributed by atoms with van der Waals surface area (Å²) < 4.78 is 2.09. The van der Waals surface area contributed by atoms with Crippen LogP contribution in [0.5, 0.6) is 0 Å². The Labute approximate surface area is 107 Å². The summed E-state index contributed by atoms with van der Waals surface area (Å²) in [5, 5.41) is 12.3. The molecule has 5 nitrogen and oxygen atoms in total. The molecule has 0 spiro atoms. The van der Waals surface area contributed by atoms with Gasteiger partial charge in [-0.25, -0.2) is 9.97 Å². The van der Waals surface area contributed by atoms with Crippen LogP contribution >= 0.6 is 0 Å². The van der Waals surface area contributed by atoms with Crippen molar-refractivity contribution in [3.8, 4) is 0 Å². The van der Waals surface area contributed by atoms with Gasteiger partial charge in [-0.3, -0.25) is 0 Å². The largest absolute Gasteiger partial charge is 0.396 e. The lowest BCUT2D eigenvalue weighted by Gasteiger charge is -2.13. The van der Waals surface area contributed by atoms with E-state index in [-0.39, 0.29) is 6.61 Å². The number of hydrogen-bond acceptors (Lipinski definition) is 4. The fourth-order valence-corrected chi connectivity index (χ4v) is 2.02. The lowest BCUT2D eigenvalue weighted by atomic mass is 10.3. The third-order valence-electron chi connectivity index (χ3n) is 2.70. The second kappa shape index (κ2) is 5.35. The molecule has 2 rings (SSSR count). The Kier molecular flexibility index (Phi) is 3.81. The van der Waals surface area contributed by atoms with Crippen LogP contribution in [0.1, 0.15) is 26.1 Å². The third-order valence-corrected chi connectivity index (χ3v) is 2.70. The zero-order chi connectivity index (χ0) is 13.1. The van der Waals surface area contributed by atoms with E-state index in [1.54, 1.807) is 0 Å². The van der Waals surface area contributed by atoms with Crippen LogP contribution in [-0.4, -0.2) is 32.3 Å². The lowest BCUT2D eigenvalue weighted by molar-refractivity contribution is 0.280. The summed E-state index contributed by atoms with van der Waals surface area (Å²) in [5.41, 5.74) is 1.96. The van der Waals surface area contributed by atoms with Crippen molar-refractivity contribution in [3.63, 3.8) is 0 Å². The van der Waals surface area contributed by atoms with Crippen molar-refractivity contribution in [1.82, 2.24) is 14.5 Å². The summed E-state index contributed by atoms with van der Waals surface area (Å²) in [6.07, 6.45) is 2.73. The van der Waals surface area contributed by atoms with Gasteiger partial charge >= 0.3 is 0 Å². The molecule has 0 fully saturated rings. The Morgan fingerprint density at radius 3 is 2.83 bits per heavy atom. The van der Waals surface area contributed by atoms with Gasteiger partial charge in [-0.15, -0.1) is 0 Å². The standard InChI is InChI=1S/C13H20N4O/c1-9(2)14-13-12-11(15-10(3)16-13)5-7-17(12)6-4-8-18/h5,7,9,18H,4,6,8H2,1-3H3,(H,14,15,16). The fourth-order valence-electron chi connectivity index (χ4n) is 2.02. The molecule has 5 heteroatoms. The van der Waals surface area contributed by atoms with E-state index in [0.717, 1.165) is 35.6 Å². The molecule has 2 aromatic rings. The second-order valence-electron chi connectivity index (χ2n) is 4.74. The minimum absolute atomic E-state index is 0.194. The normalized spacial score (nSPS) is 11.4. The molecule has 0 aliphatic rings. The number of anilines is 1. The van der Waals surface area contributed by atoms with Crippen LogP contribution in [-0.2, 0) is 6.54 Å². The van der Waals surface area contributed by atoms with Crippen LogP contribution in [0.3, 0.4) is 0 Å².